The first-order valence-corrected chi connectivity index (χ1v) is 9.34. The van der Waals surface area contributed by atoms with Crippen LogP contribution in [0.15, 0.2) is 42.7 Å². The van der Waals surface area contributed by atoms with Crippen LogP contribution in [0.25, 0.3) is 0 Å². The molecule has 0 amide bonds. The largest absolute Gasteiger partial charge is 0.493 e. The third-order valence-corrected chi connectivity index (χ3v) is 4.94. The predicted molar refractivity (Wildman–Crippen MR) is 101 cm³/mol. The van der Waals surface area contributed by atoms with Crippen molar-refractivity contribution in [2.45, 2.75) is 12.3 Å². The Hall–Kier alpha value is -3.39. The van der Waals surface area contributed by atoms with Crippen molar-refractivity contribution in [1.82, 2.24) is 9.97 Å². The highest BCUT2D eigenvalue weighted by Gasteiger charge is 2.44. The number of alkyl halides is 3. The highest BCUT2D eigenvalue weighted by molar-refractivity contribution is 5.73. The van der Waals surface area contributed by atoms with Gasteiger partial charge >= 0.3 is 12.1 Å². The Morgan fingerprint density at radius 2 is 2.00 bits per heavy atom. The summed E-state index contributed by atoms with van der Waals surface area (Å²) in [6.45, 7) is 3.03. The van der Waals surface area contributed by atoms with E-state index < -0.39 is 12.1 Å². The molecule has 2 aliphatic heterocycles. The number of anilines is 1. The Kier molecular flexibility index (Phi) is 6.91. The van der Waals surface area contributed by atoms with Crippen LogP contribution < -0.4 is 9.64 Å². The van der Waals surface area contributed by atoms with E-state index in [0.29, 0.717) is 24.0 Å². The van der Waals surface area contributed by atoms with Gasteiger partial charge in [-0.25, -0.2) is 14.8 Å². The molecule has 0 spiro atoms. The number of fused-ring (bicyclic) bond motifs is 1. The molecule has 0 aliphatic carbocycles. The van der Waals surface area contributed by atoms with Crippen LogP contribution >= 0.6 is 0 Å². The zero-order chi connectivity index (χ0) is 22.4. The first kappa shape index (κ1) is 22.3. The minimum absolute atomic E-state index is 0.216. The molecule has 4 rings (SSSR count). The minimum Gasteiger partial charge on any atom is -0.493 e. The van der Waals surface area contributed by atoms with Crippen molar-refractivity contribution >= 4 is 11.9 Å². The van der Waals surface area contributed by atoms with Crippen LogP contribution in [0.4, 0.5) is 19.1 Å². The van der Waals surface area contributed by atoms with E-state index in [1.807, 2.05) is 18.2 Å². The molecular formula is C20H19F3N4O4. The number of benzene rings is 1. The van der Waals surface area contributed by atoms with Gasteiger partial charge in [0.15, 0.2) is 0 Å². The lowest BCUT2D eigenvalue weighted by atomic mass is 9.94. The number of hydrogen-bond acceptors (Lipinski definition) is 7. The molecule has 1 aromatic heterocycles. The lowest BCUT2D eigenvalue weighted by molar-refractivity contribution is -0.192. The van der Waals surface area contributed by atoms with Gasteiger partial charge in [0, 0.05) is 37.3 Å². The van der Waals surface area contributed by atoms with Crippen LogP contribution in [-0.2, 0) is 9.53 Å². The summed E-state index contributed by atoms with van der Waals surface area (Å²) in [6, 6.07) is 11.2. The Morgan fingerprint density at radius 1 is 1.29 bits per heavy atom. The molecule has 0 radical (unpaired) electrons. The fourth-order valence-corrected chi connectivity index (χ4v) is 3.45. The van der Waals surface area contributed by atoms with Crippen LogP contribution in [0.5, 0.6) is 5.75 Å². The maximum Gasteiger partial charge on any atom is 0.490 e. The smallest absolute Gasteiger partial charge is 0.490 e. The van der Waals surface area contributed by atoms with Gasteiger partial charge in [0.2, 0.25) is 5.95 Å². The molecule has 11 heteroatoms. The van der Waals surface area contributed by atoms with Gasteiger partial charge in [-0.15, -0.1) is 0 Å². The average molecular weight is 436 g/mol. The van der Waals surface area contributed by atoms with Gasteiger partial charge in [0.1, 0.15) is 5.75 Å². The van der Waals surface area contributed by atoms with Crippen molar-refractivity contribution in [3.05, 3.63) is 48.3 Å². The van der Waals surface area contributed by atoms with Crippen molar-refractivity contribution in [2.75, 3.05) is 31.2 Å². The Bertz CT molecular complexity index is 936. The van der Waals surface area contributed by atoms with E-state index in [-0.39, 0.29) is 6.10 Å². The molecule has 8 nitrogen and oxygen atoms in total. The lowest BCUT2D eigenvalue weighted by Gasteiger charge is -2.19. The monoisotopic (exact) mass is 436 g/mol. The summed E-state index contributed by atoms with van der Waals surface area (Å²) in [5, 5.41) is 16.1. The van der Waals surface area contributed by atoms with Crippen molar-refractivity contribution in [2.24, 2.45) is 11.8 Å². The zero-order valence-electron chi connectivity index (χ0n) is 16.2. The Balaban J connectivity index is 0.000000339. The summed E-state index contributed by atoms with van der Waals surface area (Å²) in [5.41, 5.74) is 0.612. The number of ether oxygens (including phenoxy) is 2. The molecule has 3 heterocycles. The van der Waals surface area contributed by atoms with Crippen molar-refractivity contribution in [3.8, 4) is 11.8 Å². The second-order valence-corrected chi connectivity index (χ2v) is 7.00. The topological polar surface area (TPSA) is 109 Å². The van der Waals surface area contributed by atoms with Crippen molar-refractivity contribution < 1.29 is 32.5 Å². The molecule has 164 valence electrons. The normalized spacial score (nSPS) is 22.1. The van der Waals surface area contributed by atoms with Crippen LogP contribution in [0, 0.1) is 23.2 Å². The molecule has 1 N–H and O–H groups in total. The van der Waals surface area contributed by atoms with Gasteiger partial charge in [-0.1, -0.05) is 6.07 Å². The molecule has 2 saturated heterocycles. The molecular weight excluding hydrogens is 417 g/mol. The first-order valence-electron chi connectivity index (χ1n) is 9.34. The van der Waals surface area contributed by atoms with Crippen molar-refractivity contribution in [3.63, 3.8) is 0 Å². The number of aromatic nitrogens is 2. The Morgan fingerprint density at radius 3 is 2.65 bits per heavy atom. The maximum absolute atomic E-state index is 10.6. The summed E-state index contributed by atoms with van der Waals surface area (Å²) in [5.74, 6) is -0.495. The van der Waals surface area contributed by atoms with E-state index in [4.69, 9.17) is 24.6 Å². The van der Waals surface area contributed by atoms with Gasteiger partial charge in [0.05, 0.1) is 31.0 Å². The van der Waals surface area contributed by atoms with Gasteiger partial charge in [-0.2, -0.15) is 18.4 Å². The van der Waals surface area contributed by atoms with E-state index >= 15 is 0 Å². The highest BCUT2D eigenvalue weighted by atomic mass is 19.4. The highest BCUT2D eigenvalue weighted by Crippen LogP contribution is 2.35. The van der Waals surface area contributed by atoms with Crippen LogP contribution in [-0.4, -0.2) is 59.6 Å². The molecule has 2 fully saturated rings. The first-order chi connectivity index (χ1) is 14.8. The second kappa shape index (κ2) is 9.61. The average Bonchev–Trinajstić information content (AvgIpc) is 3.34. The van der Waals surface area contributed by atoms with Crippen molar-refractivity contribution in [1.29, 1.82) is 5.26 Å². The number of nitrogens with zero attached hydrogens (tertiary/aromatic N) is 4. The van der Waals surface area contributed by atoms with Gasteiger partial charge in [-0.3, -0.25) is 0 Å². The third kappa shape index (κ3) is 5.82. The summed E-state index contributed by atoms with van der Waals surface area (Å²) >= 11 is 0. The molecule has 0 unspecified atom stereocenters. The van der Waals surface area contributed by atoms with E-state index in [1.165, 1.54) is 0 Å². The zero-order valence-corrected chi connectivity index (χ0v) is 16.2. The van der Waals surface area contributed by atoms with Gasteiger partial charge in [-0.05, 0) is 24.3 Å². The SMILES string of the molecule is N#Cc1cccc(OC[C@H]2CO[C@@H]3CN(c4ncccn4)C[C@H]23)c1.O=C(O)C(F)(F)F. The van der Waals surface area contributed by atoms with Crippen LogP contribution in [0.2, 0.25) is 0 Å². The molecule has 3 atom stereocenters. The number of hydrogen-bond donors (Lipinski definition) is 1. The number of nitriles is 1. The number of halogens is 3. The van der Waals surface area contributed by atoms with E-state index in [0.717, 1.165) is 31.4 Å². The third-order valence-electron chi connectivity index (χ3n) is 4.94. The van der Waals surface area contributed by atoms with Crippen LogP contribution in [0.3, 0.4) is 0 Å². The number of carboxylic acids is 1. The molecule has 2 aromatic rings. The maximum atomic E-state index is 10.6. The fraction of sp³-hybridized carbons (Fsp3) is 0.400. The molecule has 31 heavy (non-hydrogen) atoms. The number of rotatable bonds is 4. The minimum atomic E-state index is -5.08. The number of aliphatic carboxylic acids is 1. The summed E-state index contributed by atoms with van der Waals surface area (Å²) < 4.78 is 43.6. The lowest BCUT2D eigenvalue weighted by Crippen LogP contribution is -2.27. The second-order valence-electron chi connectivity index (χ2n) is 7.00. The fourth-order valence-electron chi connectivity index (χ4n) is 3.45. The summed E-state index contributed by atoms with van der Waals surface area (Å²) in [7, 11) is 0. The summed E-state index contributed by atoms with van der Waals surface area (Å²) in [6.07, 6.45) is -1.34. The van der Waals surface area contributed by atoms with Gasteiger partial charge in [0.25, 0.3) is 0 Å². The molecule has 0 bridgehead atoms. The molecule has 0 saturated carbocycles. The van der Waals surface area contributed by atoms with E-state index in [2.05, 4.69) is 20.9 Å². The predicted octanol–water partition coefficient (Wildman–Crippen LogP) is 2.51. The Labute approximate surface area is 175 Å². The van der Waals surface area contributed by atoms with E-state index in [9.17, 15) is 13.2 Å². The standard InChI is InChI=1S/C18H18N4O2.C2HF3O2/c19-8-13-3-1-4-15(7-13)23-11-14-12-24-17-10-22(9-16(14)17)18-20-5-2-6-21-18;3-2(4,5)1(6)7/h1-7,14,16-17H,9-12H2;(H,6,7)/t14-,16+,17+;/m0./s1. The molecule has 2 aliphatic rings. The molecule has 1 aromatic carbocycles. The van der Waals surface area contributed by atoms with Gasteiger partial charge < -0.3 is 19.5 Å². The van der Waals surface area contributed by atoms with E-state index in [1.54, 1.807) is 24.5 Å². The number of carboxylic acid groups (broad SMARTS) is 1. The van der Waals surface area contributed by atoms with Crippen LogP contribution in [0.1, 0.15) is 5.56 Å². The number of carbonyl (C=O) groups is 1. The summed E-state index contributed by atoms with van der Waals surface area (Å²) in [4.78, 5) is 19.7. The quantitative estimate of drug-likeness (QED) is 0.779.